The molecule has 2 aromatic carbocycles. The Labute approximate surface area is 134 Å². The predicted molar refractivity (Wildman–Crippen MR) is 89.7 cm³/mol. The smallest absolute Gasteiger partial charge is 0.133 e. The van der Waals surface area contributed by atoms with Crippen LogP contribution in [0.4, 0.5) is 0 Å². The van der Waals surface area contributed by atoms with E-state index < -0.39 is 0 Å². The lowest BCUT2D eigenvalue weighted by Gasteiger charge is -2.27. The topological polar surface area (TPSA) is 35.2 Å². The van der Waals surface area contributed by atoms with Crippen molar-refractivity contribution in [1.29, 1.82) is 0 Å². The number of benzene rings is 2. The number of ether oxygens (including phenoxy) is 1. The third-order valence-corrected chi connectivity index (χ3v) is 5.10. The molecule has 3 rings (SSSR count). The summed E-state index contributed by atoms with van der Waals surface area (Å²) in [5.41, 5.74) is 10.5. The molecule has 2 N–H and O–H groups in total. The first-order valence-electron chi connectivity index (χ1n) is 7.25. The molecule has 0 bridgehead atoms. The van der Waals surface area contributed by atoms with Crippen molar-refractivity contribution in [2.24, 2.45) is 11.1 Å². The highest BCUT2D eigenvalue weighted by molar-refractivity contribution is 9.10. The molecule has 3 heteroatoms. The minimum atomic E-state index is 0.151. The standard InChI is InChI=1S/C18H20BrNO/c1-21-17-7-6-13(8-16(17)19)9-18(12-20)10-14-4-2-3-5-15(14)11-18/h2-8H,9-12,20H2,1H3. The van der Waals surface area contributed by atoms with Gasteiger partial charge in [-0.1, -0.05) is 30.3 Å². The Hall–Kier alpha value is -1.32. The Balaban J connectivity index is 1.85. The van der Waals surface area contributed by atoms with Crippen molar-refractivity contribution < 1.29 is 4.74 Å². The van der Waals surface area contributed by atoms with Gasteiger partial charge in [-0.05, 0) is 76.0 Å². The van der Waals surface area contributed by atoms with E-state index in [1.807, 2.05) is 6.07 Å². The highest BCUT2D eigenvalue weighted by atomic mass is 79.9. The first kappa shape index (κ1) is 14.6. The molecule has 0 radical (unpaired) electrons. The van der Waals surface area contributed by atoms with Crippen LogP contribution in [0.1, 0.15) is 16.7 Å². The molecule has 110 valence electrons. The van der Waals surface area contributed by atoms with E-state index in [4.69, 9.17) is 10.5 Å². The van der Waals surface area contributed by atoms with Crippen LogP contribution in [-0.4, -0.2) is 13.7 Å². The van der Waals surface area contributed by atoms with Crippen molar-refractivity contribution in [3.8, 4) is 5.75 Å². The van der Waals surface area contributed by atoms with Gasteiger partial charge in [-0.25, -0.2) is 0 Å². The number of hydrogen-bond acceptors (Lipinski definition) is 2. The number of methoxy groups -OCH3 is 1. The molecule has 0 saturated carbocycles. The van der Waals surface area contributed by atoms with Crippen molar-refractivity contribution >= 4 is 15.9 Å². The quantitative estimate of drug-likeness (QED) is 0.915. The molecule has 0 aliphatic heterocycles. The summed E-state index contributed by atoms with van der Waals surface area (Å²) < 4.78 is 6.31. The van der Waals surface area contributed by atoms with Crippen LogP contribution in [0.2, 0.25) is 0 Å². The Morgan fingerprint density at radius 3 is 2.33 bits per heavy atom. The Morgan fingerprint density at radius 2 is 1.81 bits per heavy atom. The van der Waals surface area contributed by atoms with Crippen molar-refractivity contribution in [3.63, 3.8) is 0 Å². The second kappa shape index (κ2) is 5.82. The normalized spacial score (nSPS) is 15.8. The summed E-state index contributed by atoms with van der Waals surface area (Å²) in [7, 11) is 1.69. The molecule has 0 unspecified atom stereocenters. The van der Waals surface area contributed by atoms with E-state index in [0.717, 1.165) is 29.5 Å². The molecular weight excluding hydrogens is 326 g/mol. The Bertz CT molecular complexity index is 628. The van der Waals surface area contributed by atoms with Crippen LogP contribution < -0.4 is 10.5 Å². The van der Waals surface area contributed by atoms with Gasteiger partial charge in [0, 0.05) is 0 Å². The Kier molecular flexibility index (Phi) is 4.05. The third-order valence-electron chi connectivity index (χ3n) is 4.48. The van der Waals surface area contributed by atoms with E-state index in [2.05, 4.69) is 52.3 Å². The van der Waals surface area contributed by atoms with E-state index in [0.29, 0.717) is 6.54 Å². The number of halogens is 1. The summed E-state index contributed by atoms with van der Waals surface area (Å²) in [6.07, 6.45) is 3.15. The number of fused-ring (bicyclic) bond motifs is 1. The summed E-state index contributed by atoms with van der Waals surface area (Å²) in [5, 5.41) is 0. The van der Waals surface area contributed by atoms with Gasteiger partial charge in [0.1, 0.15) is 5.75 Å². The van der Waals surface area contributed by atoms with Gasteiger partial charge in [0.05, 0.1) is 11.6 Å². The van der Waals surface area contributed by atoms with Crippen LogP contribution in [0.5, 0.6) is 5.75 Å². The zero-order valence-corrected chi connectivity index (χ0v) is 13.8. The first-order chi connectivity index (χ1) is 10.2. The predicted octanol–water partition coefficient (Wildman–Crippen LogP) is 3.74. The molecule has 0 saturated heterocycles. The Morgan fingerprint density at radius 1 is 1.14 bits per heavy atom. The largest absolute Gasteiger partial charge is 0.496 e. The molecular formula is C18H20BrNO. The van der Waals surface area contributed by atoms with E-state index in [1.54, 1.807) is 7.11 Å². The van der Waals surface area contributed by atoms with E-state index in [1.165, 1.54) is 16.7 Å². The van der Waals surface area contributed by atoms with Gasteiger partial charge in [-0.3, -0.25) is 0 Å². The van der Waals surface area contributed by atoms with Crippen LogP contribution >= 0.6 is 15.9 Å². The van der Waals surface area contributed by atoms with Crippen molar-refractivity contribution in [2.75, 3.05) is 13.7 Å². The van der Waals surface area contributed by atoms with Gasteiger partial charge >= 0.3 is 0 Å². The molecule has 2 nitrogen and oxygen atoms in total. The zero-order valence-electron chi connectivity index (χ0n) is 12.2. The zero-order chi connectivity index (χ0) is 14.9. The maximum absolute atomic E-state index is 6.15. The second-order valence-electron chi connectivity index (χ2n) is 5.97. The average Bonchev–Trinajstić information content (AvgIpc) is 2.86. The molecule has 1 aliphatic carbocycles. The molecule has 0 heterocycles. The molecule has 1 aliphatic rings. The second-order valence-corrected chi connectivity index (χ2v) is 6.83. The van der Waals surface area contributed by atoms with E-state index >= 15 is 0 Å². The molecule has 21 heavy (non-hydrogen) atoms. The first-order valence-corrected chi connectivity index (χ1v) is 8.04. The number of hydrogen-bond donors (Lipinski definition) is 1. The van der Waals surface area contributed by atoms with Crippen LogP contribution in [0.15, 0.2) is 46.9 Å². The van der Waals surface area contributed by atoms with Crippen LogP contribution in [-0.2, 0) is 19.3 Å². The SMILES string of the molecule is COc1ccc(CC2(CN)Cc3ccccc3C2)cc1Br. The van der Waals surface area contributed by atoms with Crippen LogP contribution in [0, 0.1) is 5.41 Å². The van der Waals surface area contributed by atoms with E-state index in [9.17, 15) is 0 Å². The summed E-state index contributed by atoms with van der Waals surface area (Å²) in [6.45, 7) is 0.714. The number of rotatable bonds is 4. The average molecular weight is 346 g/mol. The van der Waals surface area contributed by atoms with Gasteiger partial charge in [-0.15, -0.1) is 0 Å². The monoisotopic (exact) mass is 345 g/mol. The lowest BCUT2D eigenvalue weighted by Crippen LogP contribution is -2.33. The molecule has 0 fully saturated rings. The molecule has 0 aromatic heterocycles. The van der Waals surface area contributed by atoms with Crippen molar-refractivity contribution in [2.45, 2.75) is 19.3 Å². The van der Waals surface area contributed by atoms with Gasteiger partial charge in [0.15, 0.2) is 0 Å². The maximum Gasteiger partial charge on any atom is 0.133 e. The minimum Gasteiger partial charge on any atom is -0.496 e. The van der Waals surface area contributed by atoms with Crippen molar-refractivity contribution in [3.05, 3.63) is 63.6 Å². The summed E-state index contributed by atoms with van der Waals surface area (Å²) in [5.74, 6) is 0.871. The third kappa shape index (κ3) is 2.85. The summed E-state index contributed by atoms with van der Waals surface area (Å²) in [4.78, 5) is 0. The van der Waals surface area contributed by atoms with Gasteiger partial charge in [0.2, 0.25) is 0 Å². The summed E-state index contributed by atoms with van der Waals surface area (Å²) in [6, 6.07) is 15.0. The van der Waals surface area contributed by atoms with Crippen molar-refractivity contribution in [1.82, 2.24) is 0 Å². The highest BCUT2D eigenvalue weighted by Gasteiger charge is 2.36. The molecule has 2 aromatic rings. The van der Waals surface area contributed by atoms with E-state index in [-0.39, 0.29) is 5.41 Å². The number of nitrogens with two attached hydrogens (primary N) is 1. The van der Waals surface area contributed by atoms with Gasteiger partial charge in [-0.2, -0.15) is 0 Å². The highest BCUT2D eigenvalue weighted by Crippen LogP contribution is 2.39. The fourth-order valence-corrected chi connectivity index (χ4v) is 3.96. The van der Waals surface area contributed by atoms with Gasteiger partial charge < -0.3 is 10.5 Å². The molecule has 0 atom stereocenters. The fourth-order valence-electron chi connectivity index (χ4n) is 3.37. The fraction of sp³-hybridized carbons (Fsp3) is 0.333. The molecule has 0 spiro atoms. The van der Waals surface area contributed by atoms with Gasteiger partial charge in [0.25, 0.3) is 0 Å². The minimum absolute atomic E-state index is 0.151. The lowest BCUT2D eigenvalue weighted by atomic mass is 9.79. The molecule has 0 amide bonds. The van der Waals surface area contributed by atoms with Crippen LogP contribution in [0.3, 0.4) is 0 Å². The maximum atomic E-state index is 6.15. The lowest BCUT2D eigenvalue weighted by molar-refractivity contribution is 0.314. The summed E-state index contributed by atoms with van der Waals surface area (Å²) >= 11 is 3.57. The van der Waals surface area contributed by atoms with Crippen LogP contribution in [0.25, 0.3) is 0 Å².